The molecule has 2 aliphatic rings. The first-order valence-corrected chi connectivity index (χ1v) is 7.15. The van der Waals surface area contributed by atoms with Gasteiger partial charge in [-0.15, -0.1) is 0 Å². The molecule has 0 bridgehead atoms. The molecule has 2 fully saturated rings. The molecule has 2 saturated heterocycles. The molecule has 110 valence electrons. The fourth-order valence-electron chi connectivity index (χ4n) is 2.34. The van der Waals surface area contributed by atoms with Gasteiger partial charge in [-0.25, -0.2) is 0 Å². The maximum Gasteiger partial charge on any atom is 0.312 e. The maximum absolute atomic E-state index is 11.1. The zero-order chi connectivity index (χ0) is 14.7. The Balaban J connectivity index is 0.000000191. The van der Waals surface area contributed by atoms with Crippen molar-refractivity contribution in [3.05, 3.63) is 0 Å². The van der Waals surface area contributed by atoms with Crippen molar-refractivity contribution < 1.29 is 19.1 Å². The largest absolute Gasteiger partial charge is 0.465 e. The van der Waals surface area contributed by atoms with Crippen LogP contribution in [0.5, 0.6) is 0 Å². The molecule has 2 aliphatic heterocycles. The van der Waals surface area contributed by atoms with E-state index in [1.165, 1.54) is 0 Å². The highest BCUT2D eigenvalue weighted by molar-refractivity contribution is 5.78. The van der Waals surface area contributed by atoms with Gasteiger partial charge in [0.1, 0.15) is 6.10 Å². The van der Waals surface area contributed by atoms with E-state index < -0.39 is 0 Å². The van der Waals surface area contributed by atoms with E-state index >= 15 is 0 Å². The highest BCUT2D eigenvalue weighted by atomic mass is 16.6. The van der Waals surface area contributed by atoms with Gasteiger partial charge in [0.25, 0.3) is 0 Å². The summed E-state index contributed by atoms with van der Waals surface area (Å²) in [6, 6.07) is 0. The zero-order valence-corrected chi connectivity index (χ0v) is 12.7. The van der Waals surface area contributed by atoms with Crippen molar-refractivity contribution in [1.29, 1.82) is 0 Å². The third-order valence-electron chi connectivity index (χ3n) is 4.48. The Labute approximate surface area is 115 Å². The Kier molecular flexibility index (Phi) is 4.99. The van der Waals surface area contributed by atoms with Crippen molar-refractivity contribution in [3.8, 4) is 0 Å². The predicted molar refractivity (Wildman–Crippen MR) is 72.5 cm³/mol. The molecule has 0 radical (unpaired) electrons. The highest BCUT2D eigenvalue weighted by Gasteiger charge is 2.41. The second kappa shape index (κ2) is 5.93. The summed E-state index contributed by atoms with van der Waals surface area (Å²) in [7, 11) is 0. The summed E-state index contributed by atoms with van der Waals surface area (Å²) in [5.41, 5.74) is -0.362. The molecular weight excluding hydrogens is 244 g/mol. The van der Waals surface area contributed by atoms with E-state index in [1.807, 2.05) is 34.6 Å². The molecule has 0 aromatic carbocycles. The van der Waals surface area contributed by atoms with Crippen molar-refractivity contribution in [2.45, 2.75) is 66.4 Å². The predicted octanol–water partition coefficient (Wildman–Crippen LogP) is 3.09. The van der Waals surface area contributed by atoms with Crippen molar-refractivity contribution in [3.63, 3.8) is 0 Å². The molecule has 2 rings (SSSR count). The third kappa shape index (κ3) is 3.48. The van der Waals surface area contributed by atoms with Gasteiger partial charge in [-0.05, 0) is 46.5 Å². The Morgan fingerprint density at radius 2 is 1.68 bits per heavy atom. The molecular formula is C15H26O4. The summed E-state index contributed by atoms with van der Waals surface area (Å²) in [5.74, 6) is -0.0486. The lowest BCUT2D eigenvalue weighted by atomic mass is 9.85. The van der Waals surface area contributed by atoms with E-state index in [0.29, 0.717) is 6.61 Å². The summed E-state index contributed by atoms with van der Waals surface area (Å²) in [4.78, 5) is 22.0. The molecule has 0 aromatic rings. The number of carbonyl (C=O) groups is 2. The minimum absolute atomic E-state index is 0.0231. The van der Waals surface area contributed by atoms with Crippen LogP contribution in [0.1, 0.15) is 60.3 Å². The molecule has 0 aliphatic carbocycles. The van der Waals surface area contributed by atoms with Crippen molar-refractivity contribution in [2.24, 2.45) is 10.8 Å². The second-order valence-electron chi connectivity index (χ2n) is 6.13. The van der Waals surface area contributed by atoms with Crippen molar-refractivity contribution >= 4 is 11.9 Å². The van der Waals surface area contributed by atoms with Crippen LogP contribution in [-0.4, -0.2) is 24.6 Å². The number of hydrogen-bond donors (Lipinski definition) is 0. The first kappa shape index (κ1) is 16.0. The Morgan fingerprint density at radius 3 is 1.89 bits per heavy atom. The average Bonchev–Trinajstić information content (AvgIpc) is 2.83. The van der Waals surface area contributed by atoms with Crippen LogP contribution >= 0.6 is 0 Å². The number of cyclic esters (lactones) is 2. The Hall–Kier alpha value is -1.06. The van der Waals surface area contributed by atoms with E-state index in [2.05, 4.69) is 0 Å². The van der Waals surface area contributed by atoms with Crippen LogP contribution in [0.25, 0.3) is 0 Å². The van der Waals surface area contributed by atoms with Gasteiger partial charge in [0.2, 0.25) is 0 Å². The van der Waals surface area contributed by atoms with Crippen molar-refractivity contribution in [1.82, 2.24) is 0 Å². The molecule has 0 aromatic heterocycles. The van der Waals surface area contributed by atoms with Crippen LogP contribution in [0, 0.1) is 10.8 Å². The van der Waals surface area contributed by atoms with E-state index in [1.54, 1.807) is 0 Å². The lowest BCUT2D eigenvalue weighted by molar-refractivity contribution is -0.148. The number of rotatable bonds is 2. The quantitative estimate of drug-likeness (QED) is 0.724. The molecule has 19 heavy (non-hydrogen) atoms. The lowest BCUT2D eigenvalue weighted by Crippen LogP contribution is -2.20. The highest BCUT2D eigenvalue weighted by Crippen LogP contribution is 2.36. The summed E-state index contributed by atoms with van der Waals surface area (Å²) >= 11 is 0. The van der Waals surface area contributed by atoms with Crippen LogP contribution in [0.15, 0.2) is 0 Å². The fourth-order valence-corrected chi connectivity index (χ4v) is 2.34. The van der Waals surface area contributed by atoms with Gasteiger partial charge in [-0.3, -0.25) is 9.59 Å². The monoisotopic (exact) mass is 270 g/mol. The molecule has 0 N–H and O–H groups in total. The normalized spacial score (nSPS) is 37.4. The first-order valence-electron chi connectivity index (χ1n) is 7.15. The van der Waals surface area contributed by atoms with Gasteiger partial charge in [0, 0.05) is 0 Å². The molecule has 2 heterocycles. The van der Waals surface area contributed by atoms with Gasteiger partial charge in [-0.1, -0.05) is 13.8 Å². The van der Waals surface area contributed by atoms with Crippen LogP contribution in [0.3, 0.4) is 0 Å². The van der Waals surface area contributed by atoms with E-state index in [0.717, 1.165) is 25.7 Å². The summed E-state index contributed by atoms with van der Waals surface area (Å²) in [6.45, 7) is 10.5. The SMILES string of the molecule is CCC1(C)CC(C)OC1=O.CCC1(C)CCOC1=O. The zero-order valence-electron chi connectivity index (χ0n) is 12.7. The number of esters is 2. The standard InChI is InChI=1S/C8H14O2.C7H12O2/c1-4-8(3)5-6(2)10-7(8)9;1-3-7(2)4-5-9-6(7)8/h6H,4-5H2,1-3H3;3-5H2,1-2H3. The molecule has 0 saturated carbocycles. The molecule has 3 atom stereocenters. The topological polar surface area (TPSA) is 52.6 Å². The van der Waals surface area contributed by atoms with Crippen molar-refractivity contribution in [2.75, 3.05) is 6.61 Å². The van der Waals surface area contributed by atoms with E-state index in [4.69, 9.17) is 9.47 Å². The van der Waals surface area contributed by atoms with Gasteiger partial charge in [-0.2, -0.15) is 0 Å². The Morgan fingerprint density at radius 1 is 1.11 bits per heavy atom. The van der Waals surface area contributed by atoms with E-state index in [-0.39, 0.29) is 28.9 Å². The van der Waals surface area contributed by atoms with Crippen LogP contribution in [0.2, 0.25) is 0 Å². The number of ether oxygens (including phenoxy) is 2. The minimum Gasteiger partial charge on any atom is -0.465 e. The summed E-state index contributed by atoms with van der Waals surface area (Å²) < 4.78 is 9.85. The first-order chi connectivity index (χ1) is 8.77. The lowest BCUT2D eigenvalue weighted by Gasteiger charge is -2.14. The second-order valence-corrected chi connectivity index (χ2v) is 6.13. The smallest absolute Gasteiger partial charge is 0.312 e. The Bertz CT molecular complexity index is 352. The van der Waals surface area contributed by atoms with Gasteiger partial charge in [0.05, 0.1) is 17.4 Å². The number of carbonyl (C=O) groups excluding carboxylic acids is 2. The number of hydrogen-bond acceptors (Lipinski definition) is 4. The molecule has 4 heteroatoms. The van der Waals surface area contributed by atoms with Gasteiger partial charge < -0.3 is 9.47 Å². The van der Waals surface area contributed by atoms with Crippen LogP contribution < -0.4 is 0 Å². The molecule has 3 unspecified atom stereocenters. The van der Waals surface area contributed by atoms with E-state index in [9.17, 15) is 9.59 Å². The van der Waals surface area contributed by atoms with Crippen LogP contribution in [0.4, 0.5) is 0 Å². The van der Waals surface area contributed by atoms with Crippen LogP contribution in [-0.2, 0) is 19.1 Å². The summed E-state index contributed by atoms with van der Waals surface area (Å²) in [5, 5.41) is 0. The molecule has 0 amide bonds. The minimum atomic E-state index is -0.195. The molecule has 0 spiro atoms. The molecule has 4 nitrogen and oxygen atoms in total. The fraction of sp³-hybridized carbons (Fsp3) is 0.867. The maximum atomic E-state index is 11.1. The summed E-state index contributed by atoms with van der Waals surface area (Å²) in [6.07, 6.45) is 3.67. The average molecular weight is 270 g/mol. The van der Waals surface area contributed by atoms with Gasteiger partial charge >= 0.3 is 11.9 Å². The third-order valence-corrected chi connectivity index (χ3v) is 4.48. The van der Waals surface area contributed by atoms with Gasteiger partial charge in [0.15, 0.2) is 0 Å².